The molecule has 5 rings (SSSR count). The Bertz CT molecular complexity index is 1180. The molecule has 2 heterocycles. The minimum absolute atomic E-state index is 0.0560. The van der Waals surface area contributed by atoms with Crippen LogP contribution in [-0.4, -0.2) is 23.8 Å². The molecule has 1 aliphatic rings. The fourth-order valence-electron chi connectivity index (χ4n) is 4.41. The number of aromatic nitrogens is 1. The van der Waals surface area contributed by atoms with E-state index in [-0.39, 0.29) is 18.3 Å². The molecular weight excluding hydrogens is 410 g/mol. The molecule has 1 aliphatic heterocycles. The summed E-state index contributed by atoms with van der Waals surface area (Å²) < 4.78 is 18.9. The van der Waals surface area contributed by atoms with Crippen molar-refractivity contribution in [3.05, 3.63) is 113 Å². The van der Waals surface area contributed by atoms with Gasteiger partial charge in [-0.05, 0) is 35.7 Å². The standard InChI is InChI=1S/C29H29NO3/c1-21-16-26(30-25-15-9-8-14-24(21)25)27-17-28(32-19-23-12-6-3-7-13-23)29(33-27)20-31-18-22-10-4-2-5-11-22/h2-16,27-29H,17-20H2,1H3/t27?,28-,29+/m0/s1. The van der Waals surface area contributed by atoms with Gasteiger partial charge in [-0.3, -0.25) is 4.98 Å². The molecule has 0 saturated carbocycles. The summed E-state index contributed by atoms with van der Waals surface area (Å²) in [6.07, 6.45) is 0.451. The van der Waals surface area contributed by atoms with E-state index in [1.807, 2.05) is 42.5 Å². The maximum atomic E-state index is 6.48. The quantitative estimate of drug-likeness (QED) is 0.329. The highest BCUT2D eigenvalue weighted by Gasteiger charge is 2.38. The highest BCUT2D eigenvalue weighted by molar-refractivity contribution is 5.82. The van der Waals surface area contributed by atoms with Crippen LogP contribution in [0.5, 0.6) is 0 Å². The highest BCUT2D eigenvalue weighted by Crippen LogP contribution is 2.36. The number of rotatable bonds is 8. The predicted octanol–water partition coefficient (Wildman–Crippen LogP) is 6.18. The molecule has 4 nitrogen and oxygen atoms in total. The lowest BCUT2D eigenvalue weighted by atomic mass is 10.0. The van der Waals surface area contributed by atoms with E-state index in [4.69, 9.17) is 19.2 Å². The van der Waals surface area contributed by atoms with Crippen molar-refractivity contribution in [1.82, 2.24) is 4.98 Å². The van der Waals surface area contributed by atoms with E-state index in [2.05, 4.69) is 55.5 Å². The highest BCUT2D eigenvalue weighted by atomic mass is 16.6. The van der Waals surface area contributed by atoms with Gasteiger partial charge in [-0.15, -0.1) is 0 Å². The maximum absolute atomic E-state index is 6.48. The average Bonchev–Trinajstić information content (AvgIpc) is 3.27. The van der Waals surface area contributed by atoms with Crippen LogP contribution in [0.2, 0.25) is 0 Å². The van der Waals surface area contributed by atoms with E-state index in [1.54, 1.807) is 0 Å². The summed E-state index contributed by atoms with van der Waals surface area (Å²) in [5, 5.41) is 1.18. The van der Waals surface area contributed by atoms with E-state index < -0.39 is 0 Å². The van der Waals surface area contributed by atoms with Gasteiger partial charge in [0.1, 0.15) is 12.2 Å². The van der Waals surface area contributed by atoms with Crippen molar-refractivity contribution in [3.63, 3.8) is 0 Å². The van der Waals surface area contributed by atoms with Gasteiger partial charge in [0.15, 0.2) is 0 Å². The monoisotopic (exact) mass is 439 g/mol. The number of ether oxygens (including phenoxy) is 3. The first-order valence-corrected chi connectivity index (χ1v) is 11.6. The molecule has 0 radical (unpaired) electrons. The number of benzene rings is 3. The van der Waals surface area contributed by atoms with E-state index >= 15 is 0 Å². The Hall–Kier alpha value is -3.05. The fourth-order valence-corrected chi connectivity index (χ4v) is 4.41. The van der Waals surface area contributed by atoms with Gasteiger partial charge in [-0.2, -0.15) is 0 Å². The van der Waals surface area contributed by atoms with E-state index in [1.165, 1.54) is 10.9 Å². The Labute approximate surface area is 195 Å². The molecule has 0 spiro atoms. The van der Waals surface area contributed by atoms with Crippen LogP contribution < -0.4 is 0 Å². The van der Waals surface area contributed by atoms with Crippen molar-refractivity contribution in [1.29, 1.82) is 0 Å². The molecule has 1 aromatic heterocycles. The molecule has 0 bridgehead atoms. The van der Waals surface area contributed by atoms with Crippen molar-refractivity contribution in [2.24, 2.45) is 0 Å². The lowest BCUT2D eigenvalue weighted by molar-refractivity contribution is -0.0720. The van der Waals surface area contributed by atoms with Crippen molar-refractivity contribution in [3.8, 4) is 0 Å². The van der Waals surface area contributed by atoms with Gasteiger partial charge in [-0.1, -0.05) is 78.9 Å². The van der Waals surface area contributed by atoms with Crippen molar-refractivity contribution >= 4 is 10.9 Å². The molecule has 3 aromatic carbocycles. The Morgan fingerprint density at radius 2 is 1.52 bits per heavy atom. The van der Waals surface area contributed by atoms with Crippen molar-refractivity contribution < 1.29 is 14.2 Å². The summed E-state index contributed by atoms with van der Waals surface area (Å²) in [5.41, 5.74) is 5.49. The second-order valence-corrected chi connectivity index (χ2v) is 8.62. The third kappa shape index (κ3) is 5.31. The molecule has 1 fully saturated rings. The van der Waals surface area contributed by atoms with Crippen LogP contribution in [0.15, 0.2) is 91.0 Å². The summed E-state index contributed by atoms with van der Waals surface area (Å²) in [6, 6.07) is 30.9. The van der Waals surface area contributed by atoms with Gasteiger partial charge in [-0.25, -0.2) is 0 Å². The summed E-state index contributed by atoms with van der Waals surface area (Å²) in [4.78, 5) is 4.91. The molecule has 4 aromatic rings. The van der Waals surface area contributed by atoms with Crippen LogP contribution in [0.4, 0.5) is 0 Å². The minimum atomic E-state index is -0.143. The van der Waals surface area contributed by atoms with Gasteiger partial charge in [0.25, 0.3) is 0 Å². The zero-order valence-corrected chi connectivity index (χ0v) is 18.9. The van der Waals surface area contributed by atoms with E-state index in [0.717, 1.165) is 28.8 Å². The van der Waals surface area contributed by atoms with Crippen LogP contribution in [0.1, 0.15) is 34.9 Å². The second kappa shape index (κ2) is 10.3. The number of pyridine rings is 1. The van der Waals surface area contributed by atoms with Crippen molar-refractivity contribution in [2.75, 3.05) is 6.61 Å². The smallest absolute Gasteiger partial charge is 0.108 e. The Morgan fingerprint density at radius 3 is 2.27 bits per heavy atom. The van der Waals surface area contributed by atoms with Gasteiger partial charge >= 0.3 is 0 Å². The molecule has 1 unspecified atom stereocenters. The van der Waals surface area contributed by atoms with Gasteiger partial charge in [0.2, 0.25) is 0 Å². The van der Waals surface area contributed by atoms with Crippen LogP contribution in [-0.2, 0) is 27.4 Å². The number of hydrogen-bond acceptors (Lipinski definition) is 4. The molecule has 3 atom stereocenters. The number of nitrogens with zero attached hydrogens (tertiary/aromatic N) is 1. The molecule has 1 saturated heterocycles. The molecular formula is C29H29NO3. The Morgan fingerprint density at radius 1 is 0.848 bits per heavy atom. The zero-order valence-electron chi connectivity index (χ0n) is 18.9. The van der Waals surface area contributed by atoms with Crippen LogP contribution >= 0.6 is 0 Å². The predicted molar refractivity (Wildman–Crippen MR) is 130 cm³/mol. The first kappa shape index (κ1) is 21.8. The summed E-state index contributed by atoms with van der Waals surface area (Å²) in [7, 11) is 0. The topological polar surface area (TPSA) is 40.6 Å². The minimum Gasteiger partial charge on any atom is -0.374 e. The lowest BCUT2D eigenvalue weighted by Crippen LogP contribution is -2.29. The first-order valence-electron chi connectivity index (χ1n) is 11.6. The zero-order chi connectivity index (χ0) is 22.5. The first-order chi connectivity index (χ1) is 16.3. The Kier molecular flexibility index (Phi) is 6.77. The molecule has 0 amide bonds. The summed E-state index contributed by atoms with van der Waals surface area (Å²) in [6.45, 7) is 3.73. The van der Waals surface area contributed by atoms with Crippen LogP contribution in [0, 0.1) is 6.92 Å². The maximum Gasteiger partial charge on any atom is 0.108 e. The van der Waals surface area contributed by atoms with E-state index in [9.17, 15) is 0 Å². The van der Waals surface area contributed by atoms with E-state index in [0.29, 0.717) is 19.8 Å². The number of hydrogen-bond donors (Lipinski definition) is 0. The SMILES string of the molecule is Cc1cc(C2C[C@H](OCc3ccccc3)[C@@H](COCc3ccccc3)O2)nc2ccccc12. The van der Waals surface area contributed by atoms with Gasteiger partial charge < -0.3 is 14.2 Å². The fraction of sp³-hybridized carbons (Fsp3) is 0.276. The number of fused-ring (bicyclic) bond motifs is 1. The van der Waals surface area contributed by atoms with Gasteiger partial charge in [0, 0.05) is 11.8 Å². The average molecular weight is 440 g/mol. The second-order valence-electron chi connectivity index (χ2n) is 8.62. The normalized spacial score (nSPS) is 20.3. The number of para-hydroxylation sites is 1. The molecule has 0 N–H and O–H groups in total. The molecule has 33 heavy (non-hydrogen) atoms. The third-order valence-corrected chi connectivity index (χ3v) is 6.17. The number of aryl methyl sites for hydroxylation is 1. The largest absolute Gasteiger partial charge is 0.374 e. The third-order valence-electron chi connectivity index (χ3n) is 6.17. The summed E-state index contributed by atoms with van der Waals surface area (Å²) >= 11 is 0. The molecule has 4 heteroatoms. The Balaban J connectivity index is 1.31. The van der Waals surface area contributed by atoms with Crippen LogP contribution in [0.25, 0.3) is 10.9 Å². The molecule has 0 aliphatic carbocycles. The lowest BCUT2D eigenvalue weighted by Gasteiger charge is -2.19. The summed E-state index contributed by atoms with van der Waals surface area (Å²) in [5.74, 6) is 0. The molecule has 168 valence electrons. The van der Waals surface area contributed by atoms with Crippen molar-refractivity contribution in [2.45, 2.75) is 44.9 Å². The van der Waals surface area contributed by atoms with Crippen LogP contribution in [0.3, 0.4) is 0 Å². The van der Waals surface area contributed by atoms with Gasteiger partial charge in [0.05, 0.1) is 37.1 Å².